The van der Waals surface area contributed by atoms with Crippen LogP contribution in [0.15, 0.2) is 30.6 Å². The van der Waals surface area contributed by atoms with E-state index in [0.717, 1.165) is 37.2 Å². The van der Waals surface area contributed by atoms with E-state index in [4.69, 9.17) is 0 Å². The molecule has 1 atom stereocenters. The number of anilines is 1. The van der Waals surface area contributed by atoms with Crippen molar-refractivity contribution in [3.05, 3.63) is 42.0 Å². The number of benzene rings is 1. The minimum Gasteiger partial charge on any atom is -0.507 e. The number of rotatable bonds is 3. The third-order valence-corrected chi connectivity index (χ3v) is 4.02. The summed E-state index contributed by atoms with van der Waals surface area (Å²) in [7, 11) is 1.86. The van der Waals surface area contributed by atoms with Crippen molar-refractivity contribution in [2.24, 2.45) is 7.05 Å². The van der Waals surface area contributed by atoms with E-state index in [0.29, 0.717) is 6.54 Å². The standard InChI is InChI=1S/C16H19FN4O2/c1-20-10-13(8-18-20)21-6-2-3-12(9-21)19-16(23)14-7-11(17)4-5-15(14)22/h4-5,7-8,10,12,22H,2-3,6,9H2,1H3,(H,19,23)/t12-/m1/s1. The number of phenolic OH excluding ortho intramolecular Hbond substituents is 1. The highest BCUT2D eigenvalue weighted by Crippen LogP contribution is 2.21. The maximum Gasteiger partial charge on any atom is 0.255 e. The summed E-state index contributed by atoms with van der Waals surface area (Å²) in [6.07, 6.45) is 5.51. The largest absolute Gasteiger partial charge is 0.507 e. The zero-order valence-electron chi connectivity index (χ0n) is 12.9. The van der Waals surface area contributed by atoms with E-state index in [1.165, 1.54) is 6.07 Å². The van der Waals surface area contributed by atoms with Gasteiger partial charge in [-0.25, -0.2) is 4.39 Å². The van der Waals surface area contributed by atoms with Crippen LogP contribution < -0.4 is 10.2 Å². The molecule has 122 valence electrons. The minimum absolute atomic E-state index is 0.0384. The average Bonchev–Trinajstić information content (AvgIpc) is 2.96. The normalized spacial score (nSPS) is 18.0. The Morgan fingerprint density at radius 1 is 1.48 bits per heavy atom. The lowest BCUT2D eigenvalue weighted by atomic mass is 10.0. The Morgan fingerprint density at radius 2 is 2.30 bits per heavy atom. The lowest BCUT2D eigenvalue weighted by molar-refractivity contribution is 0.0930. The number of amides is 1. The van der Waals surface area contributed by atoms with Gasteiger partial charge in [0.25, 0.3) is 5.91 Å². The molecule has 1 aromatic carbocycles. The van der Waals surface area contributed by atoms with Gasteiger partial charge in [0.05, 0.1) is 17.4 Å². The molecule has 1 aliphatic rings. The molecule has 0 unspecified atom stereocenters. The van der Waals surface area contributed by atoms with E-state index in [1.807, 2.05) is 13.2 Å². The van der Waals surface area contributed by atoms with E-state index < -0.39 is 11.7 Å². The van der Waals surface area contributed by atoms with Crippen molar-refractivity contribution in [3.8, 4) is 5.75 Å². The second kappa shape index (κ2) is 6.28. The van der Waals surface area contributed by atoms with Crippen molar-refractivity contribution in [1.82, 2.24) is 15.1 Å². The first-order valence-electron chi connectivity index (χ1n) is 7.56. The van der Waals surface area contributed by atoms with Crippen LogP contribution in [0.2, 0.25) is 0 Å². The van der Waals surface area contributed by atoms with Crippen LogP contribution >= 0.6 is 0 Å². The second-order valence-corrected chi connectivity index (χ2v) is 5.79. The highest BCUT2D eigenvalue weighted by molar-refractivity contribution is 5.97. The van der Waals surface area contributed by atoms with Crippen LogP contribution in [-0.4, -0.2) is 39.9 Å². The fourth-order valence-corrected chi connectivity index (χ4v) is 2.85. The maximum absolute atomic E-state index is 13.3. The SMILES string of the molecule is Cn1cc(N2CCC[C@@H](NC(=O)c3cc(F)ccc3O)C2)cn1. The van der Waals surface area contributed by atoms with Gasteiger partial charge in [0.2, 0.25) is 0 Å². The Kier molecular flexibility index (Phi) is 4.18. The van der Waals surface area contributed by atoms with Gasteiger partial charge >= 0.3 is 0 Å². The molecular formula is C16H19FN4O2. The smallest absolute Gasteiger partial charge is 0.255 e. The first-order chi connectivity index (χ1) is 11.0. The summed E-state index contributed by atoms with van der Waals surface area (Å²) in [5.41, 5.74) is 0.976. The summed E-state index contributed by atoms with van der Waals surface area (Å²) in [5, 5.41) is 16.8. The van der Waals surface area contributed by atoms with E-state index in [9.17, 15) is 14.3 Å². The topological polar surface area (TPSA) is 70.4 Å². The molecule has 6 nitrogen and oxygen atoms in total. The molecule has 1 saturated heterocycles. The monoisotopic (exact) mass is 318 g/mol. The van der Waals surface area contributed by atoms with Crippen molar-refractivity contribution < 1.29 is 14.3 Å². The molecule has 2 aromatic rings. The number of halogens is 1. The molecule has 0 aliphatic carbocycles. The van der Waals surface area contributed by atoms with Gasteiger partial charge in [0, 0.05) is 32.4 Å². The highest BCUT2D eigenvalue weighted by atomic mass is 19.1. The van der Waals surface area contributed by atoms with Gasteiger partial charge in [0.15, 0.2) is 0 Å². The number of carbonyl (C=O) groups excluding carboxylic acids is 1. The molecule has 7 heteroatoms. The predicted octanol–water partition coefficient (Wildman–Crippen LogP) is 1.66. The van der Waals surface area contributed by atoms with E-state index >= 15 is 0 Å². The van der Waals surface area contributed by atoms with Crippen LogP contribution in [0.1, 0.15) is 23.2 Å². The molecular weight excluding hydrogens is 299 g/mol. The van der Waals surface area contributed by atoms with Crippen LogP contribution in [0.5, 0.6) is 5.75 Å². The number of nitrogens with zero attached hydrogens (tertiary/aromatic N) is 3. The Labute approximate surface area is 133 Å². The molecule has 1 aliphatic heterocycles. The second-order valence-electron chi connectivity index (χ2n) is 5.79. The van der Waals surface area contributed by atoms with E-state index in [-0.39, 0.29) is 17.4 Å². The van der Waals surface area contributed by atoms with Crippen molar-refractivity contribution in [2.75, 3.05) is 18.0 Å². The molecule has 2 N–H and O–H groups in total. The van der Waals surface area contributed by atoms with Gasteiger partial charge < -0.3 is 15.3 Å². The number of hydrogen-bond acceptors (Lipinski definition) is 4. The fourth-order valence-electron chi connectivity index (χ4n) is 2.85. The molecule has 1 amide bonds. The molecule has 3 rings (SSSR count). The van der Waals surface area contributed by atoms with Crippen molar-refractivity contribution in [3.63, 3.8) is 0 Å². The summed E-state index contributed by atoms with van der Waals surface area (Å²) < 4.78 is 15.0. The van der Waals surface area contributed by atoms with Crippen LogP contribution in [0.4, 0.5) is 10.1 Å². The first-order valence-corrected chi connectivity index (χ1v) is 7.56. The number of carbonyl (C=O) groups is 1. The van der Waals surface area contributed by atoms with E-state index in [1.54, 1.807) is 10.9 Å². The maximum atomic E-state index is 13.3. The lowest BCUT2D eigenvalue weighted by Crippen LogP contribution is -2.47. The van der Waals surface area contributed by atoms with Crippen LogP contribution in [0.25, 0.3) is 0 Å². The Hall–Kier alpha value is -2.57. The molecule has 0 radical (unpaired) electrons. The predicted molar refractivity (Wildman–Crippen MR) is 84.0 cm³/mol. The third kappa shape index (κ3) is 3.44. The number of hydrogen-bond donors (Lipinski definition) is 2. The Balaban J connectivity index is 1.67. The fraction of sp³-hybridized carbons (Fsp3) is 0.375. The quantitative estimate of drug-likeness (QED) is 0.903. The molecule has 23 heavy (non-hydrogen) atoms. The van der Waals surface area contributed by atoms with Gasteiger partial charge in [-0.1, -0.05) is 0 Å². The number of aryl methyl sites for hydroxylation is 1. The zero-order chi connectivity index (χ0) is 16.4. The van der Waals surface area contributed by atoms with Gasteiger partial charge in [-0.15, -0.1) is 0 Å². The number of piperidine rings is 1. The number of phenols is 1. The number of aromatic nitrogens is 2. The van der Waals surface area contributed by atoms with E-state index in [2.05, 4.69) is 15.3 Å². The van der Waals surface area contributed by atoms with Gasteiger partial charge in [-0.2, -0.15) is 5.10 Å². The molecule has 1 aromatic heterocycles. The molecule has 0 saturated carbocycles. The first kappa shape index (κ1) is 15.3. The Morgan fingerprint density at radius 3 is 3.04 bits per heavy atom. The van der Waals surface area contributed by atoms with Crippen LogP contribution in [0, 0.1) is 5.82 Å². The lowest BCUT2D eigenvalue weighted by Gasteiger charge is -2.33. The van der Waals surface area contributed by atoms with Gasteiger partial charge in [-0.3, -0.25) is 9.48 Å². The molecule has 0 spiro atoms. The summed E-state index contributed by atoms with van der Waals surface area (Å²) >= 11 is 0. The molecule has 0 bridgehead atoms. The highest BCUT2D eigenvalue weighted by Gasteiger charge is 2.23. The number of nitrogens with one attached hydrogen (secondary N) is 1. The van der Waals surface area contributed by atoms with Gasteiger partial charge in [-0.05, 0) is 31.0 Å². The van der Waals surface area contributed by atoms with Crippen molar-refractivity contribution >= 4 is 11.6 Å². The van der Waals surface area contributed by atoms with Gasteiger partial charge in [0.1, 0.15) is 11.6 Å². The zero-order valence-corrected chi connectivity index (χ0v) is 12.9. The molecule has 2 heterocycles. The average molecular weight is 318 g/mol. The van der Waals surface area contributed by atoms with Crippen LogP contribution in [-0.2, 0) is 7.05 Å². The number of aromatic hydroxyl groups is 1. The summed E-state index contributed by atoms with van der Waals surface area (Å²) in [4.78, 5) is 14.4. The summed E-state index contributed by atoms with van der Waals surface area (Å²) in [6.45, 7) is 1.57. The molecule has 1 fully saturated rings. The minimum atomic E-state index is -0.548. The van der Waals surface area contributed by atoms with Crippen molar-refractivity contribution in [2.45, 2.75) is 18.9 Å². The van der Waals surface area contributed by atoms with Crippen molar-refractivity contribution in [1.29, 1.82) is 0 Å². The summed E-state index contributed by atoms with van der Waals surface area (Å²) in [6, 6.07) is 3.30. The Bertz CT molecular complexity index is 716. The van der Waals surface area contributed by atoms with Crippen LogP contribution in [0.3, 0.4) is 0 Å². The third-order valence-electron chi connectivity index (χ3n) is 4.02. The summed E-state index contributed by atoms with van der Waals surface area (Å²) in [5.74, 6) is -1.22.